The molecule has 2 aromatic carbocycles. The van der Waals surface area contributed by atoms with E-state index < -0.39 is 76.4 Å². The van der Waals surface area contributed by atoms with Crippen molar-refractivity contribution >= 4 is 30.0 Å². The summed E-state index contributed by atoms with van der Waals surface area (Å²) in [5.41, 5.74) is -5.36. The number of rotatable bonds is 8. The predicted molar refractivity (Wildman–Crippen MR) is 179 cm³/mol. The molecule has 262 valence electrons. The molecule has 0 radical (unpaired) electrons. The van der Waals surface area contributed by atoms with E-state index in [0.29, 0.717) is 0 Å². The van der Waals surface area contributed by atoms with Gasteiger partial charge >= 0.3 is 23.9 Å². The van der Waals surface area contributed by atoms with Gasteiger partial charge in [0.15, 0.2) is 6.10 Å². The van der Waals surface area contributed by atoms with Crippen LogP contribution in [0.3, 0.4) is 0 Å². The molecule has 3 fully saturated rings. The summed E-state index contributed by atoms with van der Waals surface area (Å²) in [5, 5.41) is 12.5. The van der Waals surface area contributed by atoms with Crippen molar-refractivity contribution in [3.63, 3.8) is 0 Å². The quantitative estimate of drug-likeness (QED) is 0.192. The smallest absolute Gasteiger partial charge is 0.340 e. The van der Waals surface area contributed by atoms with Crippen molar-refractivity contribution < 1.29 is 48.0 Å². The average Bonchev–Trinajstić information content (AvgIpc) is 3.30. The SMILES string of the molecule is CC(=O)O[C@H]1CC[C@](C)(O)[C@]23OC(C)(C)[C@H]([C@H](OC(=O)/C=C/c4ccccc4)[C@H](OC(=O)c4ccccc4)[C@]12C)[C@H]3OC(=O)c1cccnc1. The Morgan fingerprint density at radius 1 is 0.820 bits per heavy atom. The number of aromatic nitrogens is 1. The summed E-state index contributed by atoms with van der Waals surface area (Å²) in [6.07, 6.45) is 0.933. The molecule has 11 heteroatoms. The van der Waals surface area contributed by atoms with E-state index in [0.717, 1.165) is 5.56 Å². The van der Waals surface area contributed by atoms with Crippen LogP contribution in [0.15, 0.2) is 91.3 Å². The summed E-state index contributed by atoms with van der Waals surface area (Å²) in [5.74, 6) is -3.86. The van der Waals surface area contributed by atoms with E-state index in [1.165, 1.54) is 25.4 Å². The molecule has 3 aliphatic rings. The van der Waals surface area contributed by atoms with Gasteiger partial charge in [0, 0.05) is 25.4 Å². The first-order valence-electron chi connectivity index (χ1n) is 16.6. The highest BCUT2D eigenvalue weighted by Gasteiger charge is 2.85. The van der Waals surface area contributed by atoms with E-state index in [2.05, 4.69) is 4.98 Å². The Kier molecular flexibility index (Phi) is 9.17. The molecular formula is C39H41NO10. The normalized spacial score (nSPS) is 32.4. The highest BCUT2D eigenvalue weighted by Crippen LogP contribution is 2.69. The zero-order valence-corrected chi connectivity index (χ0v) is 28.6. The number of aliphatic hydroxyl groups is 1. The summed E-state index contributed by atoms with van der Waals surface area (Å²) in [7, 11) is 0. The van der Waals surface area contributed by atoms with Gasteiger partial charge in [-0.3, -0.25) is 9.78 Å². The van der Waals surface area contributed by atoms with Crippen LogP contribution in [0.25, 0.3) is 6.08 Å². The lowest BCUT2D eigenvalue weighted by atomic mass is 9.47. The van der Waals surface area contributed by atoms with Gasteiger partial charge in [-0.1, -0.05) is 48.5 Å². The van der Waals surface area contributed by atoms with Crippen LogP contribution in [0, 0.1) is 11.3 Å². The van der Waals surface area contributed by atoms with E-state index in [1.54, 1.807) is 76.2 Å². The first-order valence-corrected chi connectivity index (χ1v) is 16.6. The van der Waals surface area contributed by atoms with E-state index in [-0.39, 0.29) is 24.0 Å². The average molecular weight is 684 g/mol. The van der Waals surface area contributed by atoms with Crippen LogP contribution >= 0.6 is 0 Å². The van der Waals surface area contributed by atoms with Gasteiger partial charge in [-0.25, -0.2) is 14.4 Å². The van der Waals surface area contributed by atoms with Crippen molar-refractivity contribution in [1.82, 2.24) is 4.98 Å². The van der Waals surface area contributed by atoms with Crippen LogP contribution < -0.4 is 0 Å². The minimum atomic E-state index is -1.84. The van der Waals surface area contributed by atoms with Crippen LogP contribution in [0.2, 0.25) is 0 Å². The first kappa shape index (κ1) is 35.0. The molecule has 1 aliphatic heterocycles. The number of carbonyl (C=O) groups is 4. The molecule has 11 nitrogen and oxygen atoms in total. The molecule has 50 heavy (non-hydrogen) atoms. The van der Waals surface area contributed by atoms with Gasteiger partial charge in [-0.2, -0.15) is 0 Å². The van der Waals surface area contributed by atoms with E-state index in [4.69, 9.17) is 23.7 Å². The van der Waals surface area contributed by atoms with Gasteiger partial charge in [0.25, 0.3) is 0 Å². The molecule has 2 bridgehead atoms. The third kappa shape index (κ3) is 5.88. The fourth-order valence-corrected chi connectivity index (χ4v) is 8.39. The monoisotopic (exact) mass is 683 g/mol. The maximum absolute atomic E-state index is 13.9. The number of ether oxygens (including phenoxy) is 5. The number of pyridine rings is 1. The zero-order chi connectivity index (χ0) is 35.9. The predicted octanol–water partition coefficient (Wildman–Crippen LogP) is 5.12. The van der Waals surface area contributed by atoms with Crippen molar-refractivity contribution in [3.8, 4) is 0 Å². The number of fused-ring (bicyclic) bond motifs is 1. The van der Waals surface area contributed by atoms with E-state index in [9.17, 15) is 24.3 Å². The second-order valence-corrected chi connectivity index (χ2v) is 14.1. The van der Waals surface area contributed by atoms with Gasteiger partial charge in [0.05, 0.1) is 33.7 Å². The second kappa shape index (κ2) is 13.1. The molecule has 0 unspecified atom stereocenters. The molecule has 1 spiro atoms. The van der Waals surface area contributed by atoms with Gasteiger partial charge in [0.1, 0.15) is 23.9 Å². The highest BCUT2D eigenvalue weighted by molar-refractivity contribution is 5.90. The summed E-state index contributed by atoms with van der Waals surface area (Å²) >= 11 is 0. The van der Waals surface area contributed by atoms with Crippen LogP contribution in [0.5, 0.6) is 0 Å². The fourth-order valence-electron chi connectivity index (χ4n) is 8.39. The number of esters is 4. The summed E-state index contributed by atoms with van der Waals surface area (Å²) in [6.45, 7) is 7.98. The fraction of sp³-hybridized carbons (Fsp3) is 0.410. The standard InChI is InChI=1S/C39H41NO10/c1-24(41)46-28-20-21-37(4,45)39-32(48-35(44)27-17-12-22-40-23-27)30(36(2,3)50-39)31(47-29(42)19-18-25-13-8-6-9-14-25)33(38(28,39)5)49-34(43)26-15-10-7-11-16-26/h6-19,22-23,28,30-33,45H,20-21H2,1-5H3/b19-18+/t28-,30+,31-,32+,33-,37-,38-,39-/m0/s1. The third-order valence-electron chi connectivity index (χ3n) is 10.5. The number of hydrogen-bond acceptors (Lipinski definition) is 11. The van der Waals surface area contributed by atoms with Crippen molar-refractivity contribution in [2.45, 2.75) is 88.7 Å². The lowest BCUT2D eigenvalue weighted by Crippen LogP contribution is -2.81. The van der Waals surface area contributed by atoms with Crippen molar-refractivity contribution in [2.24, 2.45) is 11.3 Å². The van der Waals surface area contributed by atoms with Gasteiger partial charge in [0.2, 0.25) is 0 Å². The van der Waals surface area contributed by atoms with Gasteiger partial charge in [-0.15, -0.1) is 0 Å². The minimum absolute atomic E-state index is 0.0773. The number of nitrogens with zero attached hydrogens (tertiary/aromatic N) is 1. The Hall–Kier alpha value is -4.87. The molecular weight excluding hydrogens is 642 g/mol. The van der Waals surface area contributed by atoms with E-state index in [1.807, 2.05) is 30.3 Å². The topological polar surface area (TPSA) is 148 Å². The third-order valence-corrected chi connectivity index (χ3v) is 10.5. The number of carbonyl (C=O) groups excluding carboxylic acids is 4. The van der Waals surface area contributed by atoms with Crippen LogP contribution in [-0.4, -0.2) is 75.2 Å². The molecule has 0 amide bonds. The second-order valence-electron chi connectivity index (χ2n) is 14.1. The number of benzene rings is 2. The Labute approximate surface area is 290 Å². The zero-order valence-electron chi connectivity index (χ0n) is 28.6. The molecule has 3 aromatic rings. The molecule has 2 saturated carbocycles. The van der Waals surface area contributed by atoms with Crippen LogP contribution in [0.4, 0.5) is 0 Å². The molecule has 1 N–H and O–H groups in total. The largest absolute Gasteiger partial charge is 0.462 e. The van der Waals surface area contributed by atoms with Crippen LogP contribution in [0.1, 0.15) is 73.7 Å². The Balaban J connectivity index is 1.54. The van der Waals surface area contributed by atoms with Crippen molar-refractivity contribution in [2.75, 3.05) is 0 Å². The molecule has 2 aliphatic carbocycles. The van der Waals surface area contributed by atoms with Crippen LogP contribution in [-0.2, 0) is 33.3 Å². The summed E-state index contributed by atoms with van der Waals surface area (Å²) in [6, 6.07) is 20.6. The summed E-state index contributed by atoms with van der Waals surface area (Å²) in [4.78, 5) is 58.2. The van der Waals surface area contributed by atoms with Gasteiger partial charge in [-0.05, 0) is 76.4 Å². The molecule has 2 heterocycles. The molecule has 8 atom stereocenters. The summed E-state index contributed by atoms with van der Waals surface area (Å²) < 4.78 is 31.9. The first-order chi connectivity index (χ1) is 23.7. The molecule has 1 aromatic heterocycles. The molecule has 1 saturated heterocycles. The lowest BCUT2D eigenvalue weighted by Gasteiger charge is -2.65. The Bertz CT molecular complexity index is 1780. The Morgan fingerprint density at radius 3 is 2.08 bits per heavy atom. The maximum Gasteiger partial charge on any atom is 0.340 e. The molecule has 6 rings (SSSR count). The minimum Gasteiger partial charge on any atom is -0.462 e. The van der Waals surface area contributed by atoms with E-state index >= 15 is 0 Å². The maximum atomic E-state index is 13.9. The van der Waals surface area contributed by atoms with Crippen molar-refractivity contribution in [3.05, 3.63) is 108 Å². The lowest BCUT2D eigenvalue weighted by molar-refractivity contribution is -0.334. The highest BCUT2D eigenvalue weighted by atomic mass is 16.6. The van der Waals surface area contributed by atoms with Crippen molar-refractivity contribution in [1.29, 1.82) is 0 Å². The number of hydrogen-bond donors (Lipinski definition) is 1. The van der Waals surface area contributed by atoms with Gasteiger partial charge < -0.3 is 28.8 Å². The Morgan fingerprint density at radius 2 is 1.44 bits per heavy atom.